The van der Waals surface area contributed by atoms with Crippen LogP contribution < -0.4 is 0 Å². The van der Waals surface area contributed by atoms with Gasteiger partial charge in [-0.25, -0.2) is 17.2 Å². The van der Waals surface area contributed by atoms with Gasteiger partial charge in [0.05, 0.1) is 11.3 Å². The number of halogens is 2. The minimum absolute atomic E-state index is 0.0987. The van der Waals surface area contributed by atoms with Crippen LogP contribution in [0.15, 0.2) is 12.1 Å². The molecule has 1 unspecified atom stereocenters. The highest BCUT2D eigenvalue weighted by Gasteiger charge is 2.37. The maximum Gasteiger partial charge on any atom is 0.186 e. The molecule has 1 aliphatic rings. The summed E-state index contributed by atoms with van der Waals surface area (Å²) in [6.07, 6.45) is 1.20. The van der Waals surface area contributed by atoms with Gasteiger partial charge in [0.2, 0.25) is 0 Å². The molecule has 0 amide bonds. The van der Waals surface area contributed by atoms with Gasteiger partial charge in [0, 0.05) is 0 Å². The van der Waals surface area contributed by atoms with E-state index in [-0.39, 0.29) is 17.7 Å². The number of carbonyl (C=O) groups excluding carboxylic acids is 1. The van der Waals surface area contributed by atoms with Crippen molar-refractivity contribution in [2.24, 2.45) is 0 Å². The molecule has 0 bridgehead atoms. The number of benzene rings is 1. The standard InChI is InChI=1S/C13H14F2O3S/c1-8-5-6-9(14)11(12(8)15)13(16)10-4-2-3-7-19(10,17)18/h5-6,10H,2-4,7H2,1H3. The Morgan fingerprint density at radius 1 is 1.26 bits per heavy atom. The molecule has 1 aromatic carbocycles. The first-order valence-corrected chi connectivity index (χ1v) is 7.76. The van der Waals surface area contributed by atoms with Crippen molar-refractivity contribution in [2.45, 2.75) is 31.4 Å². The summed E-state index contributed by atoms with van der Waals surface area (Å²) in [6, 6.07) is 2.21. The molecule has 19 heavy (non-hydrogen) atoms. The van der Waals surface area contributed by atoms with Gasteiger partial charge in [-0.3, -0.25) is 4.79 Å². The molecule has 1 aromatic rings. The van der Waals surface area contributed by atoms with Crippen LogP contribution in [0.5, 0.6) is 0 Å². The van der Waals surface area contributed by atoms with Gasteiger partial charge in [-0.05, 0) is 31.4 Å². The fourth-order valence-corrected chi connectivity index (χ4v) is 4.15. The molecule has 0 saturated carbocycles. The van der Waals surface area contributed by atoms with E-state index >= 15 is 0 Å². The van der Waals surface area contributed by atoms with Crippen molar-refractivity contribution in [3.05, 3.63) is 34.9 Å². The van der Waals surface area contributed by atoms with Crippen LogP contribution in [0.1, 0.15) is 35.2 Å². The highest BCUT2D eigenvalue weighted by atomic mass is 32.2. The van der Waals surface area contributed by atoms with Crippen LogP contribution in [0.4, 0.5) is 8.78 Å². The number of hydrogen-bond acceptors (Lipinski definition) is 3. The highest BCUT2D eigenvalue weighted by molar-refractivity contribution is 7.92. The van der Waals surface area contributed by atoms with Crippen LogP contribution >= 0.6 is 0 Å². The average Bonchev–Trinajstić information content (AvgIpc) is 2.33. The summed E-state index contributed by atoms with van der Waals surface area (Å²) in [5, 5.41) is -1.31. The summed E-state index contributed by atoms with van der Waals surface area (Å²) in [6.45, 7) is 1.40. The topological polar surface area (TPSA) is 51.2 Å². The first-order chi connectivity index (χ1) is 8.84. The molecular weight excluding hydrogens is 274 g/mol. The zero-order chi connectivity index (χ0) is 14.2. The molecule has 0 radical (unpaired) electrons. The third kappa shape index (κ3) is 2.54. The number of carbonyl (C=O) groups is 1. The Balaban J connectivity index is 2.48. The second kappa shape index (κ2) is 5.00. The van der Waals surface area contributed by atoms with E-state index in [1.807, 2.05) is 0 Å². The van der Waals surface area contributed by atoms with Gasteiger partial charge in [-0.2, -0.15) is 0 Å². The number of hydrogen-bond donors (Lipinski definition) is 0. The van der Waals surface area contributed by atoms with Gasteiger partial charge in [-0.15, -0.1) is 0 Å². The summed E-state index contributed by atoms with van der Waals surface area (Å²) in [5.74, 6) is -3.03. The summed E-state index contributed by atoms with van der Waals surface area (Å²) >= 11 is 0. The van der Waals surface area contributed by atoms with E-state index in [1.54, 1.807) is 0 Å². The molecule has 0 spiro atoms. The minimum Gasteiger partial charge on any atom is -0.292 e. The molecule has 3 nitrogen and oxygen atoms in total. The zero-order valence-electron chi connectivity index (χ0n) is 10.4. The number of rotatable bonds is 2. The Bertz CT molecular complexity index is 623. The van der Waals surface area contributed by atoms with Crippen molar-refractivity contribution in [1.82, 2.24) is 0 Å². The predicted molar refractivity (Wildman–Crippen MR) is 66.9 cm³/mol. The number of aryl methyl sites for hydroxylation is 1. The normalized spacial score (nSPS) is 22.2. The van der Waals surface area contributed by atoms with Crippen molar-refractivity contribution in [2.75, 3.05) is 5.75 Å². The molecule has 1 saturated heterocycles. The number of Topliss-reactive ketones (excluding diaryl/α,β-unsaturated/α-hetero) is 1. The third-order valence-corrected chi connectivity index (χ3v) is 5.58. The largest absolute Gasteiger partial charge is 0.292 e. The van der Waals surface area contributed by atoms with Crippen LogP contribution in [0.25, 0.3) is 0 Å². The van der Waals surface area contributed by atoms with E-state index in [0.717, 1.165) is 6.07 Å². The van der Waals surface area contributed by atoms with Crippen molar-refractivity contribution >= 4 is 15.6 Å². The summed E-state index contributed by atoms with van der Waals surface area (Å²) in [5.41, 5.74) is -0.603. The van der Waals surface area contributed by atoms with E-state index in [9.17, 15) is 22.0 Å². The van der Waals surface area contributed by atoms with Gasteiger partial charge >= 0.3 is 0 Å². The van der Waals surface area contributed by atoms with Crippen molar-refractivity contribution in [3.63, 3.8) is 0 Å². The zero-order valence-corrected chi connectivity index (χ0v) is 11.3. The van der Waals surface area contributed by atoms with Crippen molar-refractivity contribution in [3.8, 4) is 0 Å². The summed E-state index contributed by atoms with van der Waals surface area (Å²) in [4.78, 5) is 12.2. The summed E-state index contributed by atoms with van der Waals surface area (Å²) in [7, 11) is -3.60. The fraction of sp³-hybridized carbons (Fsp3) is 0.462. The van der Waals surface area contributed by atoms with E-state index < -0.39 is 38.1 Å². The lowest BCUT2D eigenvalue weighted by Crippen LogP contribution is -2.36. The van der Waals surface area contributed by atoms with Gasteiger partial charge < -0.3 is 0 Å². The molecule has 2 rings (SSSR count). The van der Waals surface area contributed by atoms with Gasteiger partial charge in [-0.1, -0.05) is 12.5 Å². The summed E-state index contributed by atoms with van der Waals surface area (Å²) < 4.78 is 51.2. The Hall–Kier alpha value is -1.30. The maximum absolute atomic E-state index is 13.9. The quantitative estimate of drug-likeness (QED) is 0.785. The van der Waals surface area contributed by atoms with Crippen LogP contribution in [0, 0.1) is 18.6 Å². The molecular formula is C13H14F2O3S. The molecule has 6 heteroatoms. The molecule has 0 aromatic heterocycles. The predicted octanol–water partition coefficient (Wildman–Crippen LogP) is 2.42. The molecule has 0 aliphatic carbocycles. The monoisotopic (exact) mass is 288 g/mol. The molecule has 104 valence electrons. The first-order valence-electron chi connectivity index (χ1n) is 6.05. The second-order valence-corrected chi connectivity index (χ2v) is 7.07. The Kier molecular flexibility index (Phi) is 3.71. The lowest BCUT2D eigenvalue weighted by atomic mass is 10.0. The van der Waals surface area contributed by atoms with Crippen LogP contribution in [-0.4, -0.2) is 25.2 Å². The lowest BCUT2D eigenvalue weighted by molar-refractivity contribution is 0.0973. The van der Waals surface area contributed by atoms with E-state index in [1.165, 1.54) is 13.0 Å². The molecule has 1 fully saturated rings. The lowest BCUT2D eigenvalue weighted by Gasteiger charge is -2.21. The van der Waals surface area contributed by atoms with Crippen LogP contribution in [-0.2, 0) is 9.84 Å². The first kappa shape index (κ1) is 14.1. The number of sulfone groups is 1. The maximum atomic E-state index is 13.9. The molecule has 1 atom stereocenters. The Morgan fingerprint density at radius 2 is 1.95 bits per heavy atom. The second-order valence-electron chi connectivity index (χ2n) is 4.77. The Morgan fingerprint density at radius 3 is 2.58 bits per heavy atom. The number of ketones is 1. The fourth-order valence-electron chi connectivity index (χ4n) is 2.29. The SMILES string of the molecule is Cc1ccc(F)c(C(=O)C2CCCCS2(=O)=O)c1F. The van der Waals surface area contributed by atoms with Crippen LogP contribution in [0.2, 0.25) is 0 Å². The minimum atomic E-state index is -3.60. The molecule has 1 heterocycles. The van der Waals surface area contributed by atoms with Gasteiger partial charge in [0.1, 0.15) is 16.9 Å². The highest BCUT2D eigenvalue weighted by Crippen LogP contribution is 2.26. The molecule has 0 N–H and O–H groups in total. The third-order valence-electron chi connectivity index (χ3n) is 3.40. The smallest absolute Gasteiger partial charge is 0.186 e. The van der Waals surface area contributed by atoms with E-state index in [2.05, 4.69) is 0 Å². The average molecular weight is 288 g/mol. The van der Waals surface area contributed by atoms with Crippen molar-refractivity contribution < 1.29 is 22.0 Å². The van der Waals surface area contributed by atoms with Gasteiger partial charge in [0.15, 0.2) is 15.6 Å². The molecule has 1 aliphatic heterocycles. The van der Waals surface area contributed by atoms with Crippen LogP contribution in [0.3, 0.4) is 0 Å². The van der Waals surface area contributed by atoms with Crippen molar-refractivity contribution in [1.29, 1.82) is 0 Å². The Labute approximate surface area is 110 Å². The van der Waals surface area contributed by atoms with Gasteiger partial charge in [0.25, 0.3) is 0 Å². The van der Waals surface area contributed by atoms with E-state index in [4.69, 9.17) is 0 Å². The van der Waals surface area contributed by atoms with E-state index in [0.29, 0.717) is 12.8 Å².